The van der Waals surface area contributed by atoms with Gasteiger partial charge in [0.15, 0.2) is 0 Å². The van der Waals surface area contributed by atoms with Gasteiger partial charge < -0.3 is 10.5 Å². The summed E-state index contributed by atoms with van der Waals surface area (Å²) in [4.78, 5) is 0. The fourth-order valence-electron chi connectivity index (χ4n) is 1.03. The summed E-state index contributed by atoms with van der Waals surface area (Å²) in [6.45, 7) is 0. The minimum absolute atomic E-state index is 0.105. The molecule has 1 aromatic rings. The van der Waals surface area contributed by atoms with Crippen LogP contribution in [0.2, 0.25) is 0 Å². The fourth-order valence-corrected chi connectivity index (χ4v) is 1.03. The molecule has 0 saturated carbocycles. The van der Waals surface area contributed by atoms with Crippen LogP contribution in [0.5, 0.6) is 5.75 Å². The maximum Gasteiger partial charge on any atom is 0.573 e. The molecule has 0 aromatic heterocycles. The molecular weight excluding hydrogens is 221 g/mol. The number of ether oxygens (including phenoxy) is 1. The van der Waals surface area contributed by atoms with E-state index in [9.17, 15) is 13.2 Å². The van der Waals surface area contributed by atoms with Crippen LogP contribution in [0.1, 0.15) is 5.56 Å². The zero-order valence-corrected chi connectivity index (χ0v) is 7.95. The number of halogens is 3. The van der Waals surface area contributed by atoms with Gasteiger partial charge in [0.05, 0.1) is 6.07 Å². The van der Waals surface area contributed by atoms with E-state index in [4.69, 9.17) is 11.0 Å². The molecule has 84 valence electrons. The predicted molar refractivity (Wildman–Crippen MR) is 52.2 cm³/mol. The van der Waals surface area contributed by atoms with Gasteiger partial charge in [-0.25, -0.2) is 0 Å². The van der Waals surface area contributed by atoms with Gasteiger partial charge in [0, 0.05) is 17.8 Å². The van der Waals surface area contributed by atoms with Crippen molar-refractivity contribution in [1.29, 1.82) is 5.26 Å². The molecule has 0 amide bonds. The summed E-state index contributed by atoms with van der Waals surface area (Å²) in [7, 11) is 0. The molecule has 0 bridgehead atoms. The molecule has 16 heavy (non-hydrogen) atoms. The van der Waals surface area contributed by atoms with Gasteiger partial charge >= 0.3 is 6.36 Å². The van der Waals surface area contributed by atoms with Crippen molar-refractivity contribution in [3.05, 3.63) is 29.8 Å². The van der Waals surface area contributed by atoms with E-state index in [0.717, 1.165) is 12.1 Å². The number of rotatable bonds is 2. The lowest BCUT2D eigenvalue weighted by atomic mass is 10.1. The van der Waals surface area contributed by atoms with E-state index in [1.807, 2.05) is 0 Å². The molecule has 0 fully saturated rings. The Morgan fingerprint density at radius 2 is 2.06 bits per heavy atom. The zero-order chi connectivity index (χ0) is 12.2. The lowest BCUT2D eigenvalue weighted by Gasteiger charge is -2.09. The second-order valence-corrected chi connectivity index (χ2v) is 2.80. The number of nitrogen functional groups attached to an aromatic ring is 1. The molecular formula is C10H7F3N2O. The molecule has 0 radical (unpaired) electrons. The summed E-state index contributed by atoms with van der Waals surface area (Å²) in [5.74, 6) is -0.390. The Morgan fingerprint density at radius 1 is 1.38 bits per heavy atom. The van der Waals surface area contributed by atoms with Gasteiger partial charge in [-0.2, -0.15) is 5.26 Å². The molecule has 2 N–H and O–H groups in total. The molecule has 0 aliphatic carbocycles. The predicted octanol–water partition coefficient (Wildman–Crippen LogP) is 2.70. The standard InChI is InChI=1S/C10H7F3N2O/c11-10(12,13)16-8-4-3-7(2-1-5-14)9(15)6-8/h1-4,6H,15H2. The van der Waals surface area contributed by atoms with E-state index >= 15 is 0 Å². The Kier molecular flexibility index (Phi) is 3.40. The van der Waals surface area contributed by atoms with Crippen LogP contribution in [0.4, 0.5) is 18.9 Å². The number of anilines is 1. The van der Waals surface area contributed by atoms with Gasteiger partial charge in [-0.15, -0.1) is 13.2 Å². The number of nitriles is 1. The van der Waals surface area contributed by atoms with E-state index in [1.54, 1.807) is 6.07 Å². The van der Waals surface area contributed by atoms with Gasteiger partial charge in [0.1, 0.15) is 5.75 Å². The van der Waals surface area contributed by atoms with Gasteiger partial charge in [0.2, 0.25) is 0 Å². The summed E-state index contributed by atoms with van der Waals surface area (Å²) in [5.41, 5.74) is 6.03. The summed E-state index contributed by atoms with van der Waals surface area (Å²) < 4.78 is 39.2. The molecule has 0 atom stereocenters. The molecule has 0 saturated heterocycles. The Balaban J connectivity index is 2.92. The molecule has 3 nitrogen and oxygen atoms in total. The van der Waals surface area contributed by atoms with Gasteiger partial charge in [0.25, 0.3) is 0 Å². The number of hydrogen-bond donors (Lipinski definition) is 1. The average molecular weight is 228 g/mol. The quantitative estimate of drug-likeness (QED) is 0.625. The van der Waals surface area contributed by atoms with Crippen molar-refractivity contribution in [2.75, 3.05) is 5.73 Å². The number of hydrogen-bond acceptors (Lipinski definition) is 3. The molecule has 1 aromatic carbocycles. The van der Waals surface area contributed by atoms with Crippen LogP contribution in [-0.4, -0.2) is 6.36 Å². The summed E-state index contributed by atoms with van der Waals surface area (Å²) >= 11 is 0. The van der Waals surface area contributed by atoms with E-state index in [0.29, 0.717) is 5.56 Å². The molecule has 0 aliphatic rings. The van der Waals surface area contributed by atoms with Gasteiger partial charge in [-0.05, 0) is 23.8 Å². The van der Waals surface area contributed by atoms with Gasteiger partial charge in [-0.3, -0.25) is 0 Å². The number of nitrogens with zero attached hydrogens (tertiary/aromatic N) is 1. The van der Waals surface area contributed by atoms with E-state index in [1.165, 1.54) is 18.2 Å². The van der Waals surface area contributed by atoms with Crippen molar-refractivity contribution < 1.29 is 17.9 Å². The van der Waals surface area contributed by atoms with E-state index in [-0.39, 0.29) is 11.4 Å². The molecule has 6 heteroatoms. The first-order valence-corrected chi connectivity index (χ1v) is 4.14. The molecule has 0 heterocycles. The maximum atomic E-state index is 11.9. The zero-order valence-electron chi connectivity index (χ0n) is 7.95. The van der Waals surface area contributed by atoms with Crippen molar-refractivity contribution in [1.82, 2.24) is 0 Å². The Morgan fingerprint density at radius 3 is 2.56 bits per heavy atom. The highest BCUT2D eigenvalue weighted by Gasteiger charge is 2.31. The average Bonchev–Trinajstić information content (AvgIpc) is 2.14. The highest BCUT2D eigenvalue weighted by Crippen LogP contribution is 2.26. The van der Waals surface area contributed by atoms with E-state index in [2.05, 4.69) is 4.74 Å². The number of alkyl halides is 3. The third-order valence-corrected chi connectivity index (χ3v) is 1.63. The van der Waals surface area contributed by atoms with Crippen LogP contribution in [0.3, 0.4) is 0 Å². The highest BCUT2D eigenvalue weighted by molar-refractivity contribution is 5.67. The third-order valence-electron chi connectivity index (χ3n) is 1.63. The lowest BCUT2D eigenvalue weighted by Crippen LogP contribution is -2.17. The first-order chi connectivity index (χ1) is 7.42. The first kappa shape index (κ1) is 11.9. The lowest BCUT2D eigenvalue weighted by molar-refractivity contribution is -0.274. The highest BCUT2D eigenvalue weighted by atomic mass is 19.4. The number of allylic oxidation sites excluding steroid dienone is 1. The van der Waals surface area contributed by atoms with Crippen LogP contribution in [-0.2, 0) is 0 Å². The summed E-state index contributed by atoms with van der Waals surface area (Å²) in [5, 5.41) is 8.27. The Bertz CT molecular complexity index is 446. The first-order valence-electron chi connectivity index (χ1n) is 4.14. The van der Waals surface area contributed by atoms with Crippen molar-refractivity contribution >= 4 is 11.8 Å². The minimum Gasteiger partial charge on any atom is -0.406 e. The second-order valence-electron chi connectivity index (χ2n) is 2.80. The minimum atomic E-state index is -4.74. The number of nitrogens with two attached hydrogens (primary N) is 1. The molecule has 1 rings (SSSR count). The second kappa shape index (κ2) is 4.57. The van der Waals surface area contributed by atoms with Crippen LogP contribution in [0, 0.1) is 11.3 Å². The van der Waals surface area contributed by atoms with Crippen molar-refractivity contribution in [2.45, 2.75) is 6.36 Å². The molecule has 0 aliphatic heterocycles. The molecule has 0 spiro atoms. The largest absolute Gasteiger partial charge is 0.573 e. The van der Waals surface area contributed by atoms with Crippen molar-refractivity contribution in [2.24, 2.45) is 0 Å². The van der Waals surface area contributed by atoms with Crippen molar-refractivity contribution in [3.8, 4) is 11.8 Å². The van der Waals surface area contributed by atoms with E-state index < -0.39 is 6.36 Å². The van der Waals surface area contributed by atoms with Crippen molar-refractivity contribution in [3.63, 3.8) is 0 Å². The summed E-state index contributed by atoms with van der Waals surface area (Å²) in [6.07, 6.45) is -2.17. The fraction of sp³-hybridized carbons (Fsp3) is 0.100. The number of benzene rings is 1. The topological polar surface area (TPSA) is 59.0 Å². The van der Waals surface area contributed by atoms with Gasteiger partial charge in [-0.1, -0.05) is 0 Å². The smallest absolute Gasteiger partial charge is 0.406 e. The van der Waals surface area contributed by atoms with Crippen LogP contribution in [0.15, 0.2) is 24.3 Å². The Hall–Kier alpha value is -2.16. The normalized spacial score (nSPS) is 11.4. The maximum absolute atomic E-state index is 11.9. The monoisotopic (exact) mass is 228 g/mol. The summed E-state index contributed by atoms with van der Waals surface area (Å²) in [6, 6.07) is 5.26. The van der Waals surface area contributed by atoms with Crippen LogP contribution < -0.4 is 10.5 Å². The Labute approximate surface area is 89.5 Å². The SMILES string of the molecule is N#CC=Cc1ccc(OC(F)(F)F)cc1N. The van der Waals surface area contributed by atoms with Crippen LogP contribution in [0.25, 0.3) is 6.08 Å². The van der Waals surface area contributed by atoms with Crippen LogP contribution >= 0.6 is 0 Å². The third kappa shape index (κ3) is 3.53. The molecule has 0 unspecified atom stereocenters.